The predicted molar refractivity (Wildman–Crippen MR) is 171 cm³/mol. The van der Waals surface area contributed by atoms with Crippen LogP contribution in [0.1, 0.15) is 84.1 Å². The summed E-state index contributed by atoms with van der Waals surface area (Å²) in [6, 6.07) is 7.14. The van der Waals surface area contributed by atoms with E-state index in [0.717, 1.165) is 31.3 Å². The third-order valence-electron chi connectivity index (χ3n) is 7.70. The average Bonchev–Trinajstić information content (AvgIpc) is 3.35. The van der Waals surface area contributed by atoms with E-state index in [9.17, 15) is 19.5 Å². The zero-order chi connectivity index (χ0) is 31.8. The quantitative estimate of drug-likeness (QED) is 0.359. The molecule has 1 aromatic heterocycles. The lowest BCUT2D eigenvalue weighted by molar-refractivity contribution is -0.133. The summed E-state index contributed by atoms with van der Waals surface area (Å²) in [6.45, 7) is 13.1. The van der Waals surface area contributed by atoms with Gasteiger partial charge in [0.2, 0.25) is 17.7 Å². The zero-order valence-electron chi connectivity index (χ0n) is 26.8. The summed E-state index contributed by atoms with van der Waals surface area (Å²) >= 11 is 0. The first-order valence-electron chi connectivity index (χ1n) is 15.7. The molecule has 0 aliphatic carbocycles. The number of hydrogen-bond acceptors (Lipinski definition) is 6. The maximum Gasteiger partial charge on any atom is 0.243 e. The van der Waals surface area contributed by atoms with Crippen LogP contribution in [-0.4, -0.2) is 77.4 Å². The standard InChI is InChI=1S/C19H32N4O4.C10H11NO.C4H10/c1-13-11-20-17(25)12-21-18(26)15(8-4-3-7-14(2)24)22-19(27)16-9-5-6-10-23(13)16;1-8-7-11(12-2)10-6-4-3-5-9(8)10;1-3-4-2/h14-16,24H,1,3-12H2,2H3,(H,20,25)(H,21,26)(H,22,27);3-7H,1-2H3;3-4H2,1-2H3/t14?,15-,16?;;/m0../s1. The normalized spacial score (nSPS) is 20.0. The molecule has 240 valence electrons. The maximum absolute atomic E-state index is 12.9. The number of benzene rings is 1. The van der Waals surface area contributed by atoms with E-state index in [1.165, 1.54) is 23.8 Å². The van der Waals surface area contributed by atoms with E-state index >= 15 is 0 Å². The molecule has 4 rings (SSSR count). The number of nitrogens with one attached hydrogen (secondary N) is 3. The van der Waals surface area contributed by atoms with E-state index in [-0.39, 0.29) is 43.0 Å². The summed E-state index contributed by atoms with van der Waals surface area (Å²) in [5.41, 5.74) is 3.08. The van der Waals surface area contributed by atoms with Crippen LogP contribution in [0, 0.1) is 6.92 Å². The van der Waals surface area contributed by atoms with Crippen molar-refractivity contribution in [1.82, 2.24) is 25.6 Å². The van der Waals surface area contributed by atoms with Crippen LogP contribution in [0.3, 0.4) is 0 Å². The van der Waals surface area contributed by atoms with Gasteiger partial charge < -0.3 is 30.8 Å². The Morgan fingerprint density at radius 1 is 1.05 bits per heavy atom. The first kappa shape index (κ1) is 35.7. The molecule has 2 aromatic rings. The summed E-state index contributed by atoms with van der Waals surface area (Å²) in [5.74, 6) is -0.798. The third kappa shape index (κ3) is 11.6. The van der Waals surface area contributed by atoms with Crippen molar-refractivity contribution in [3.05, 3.63) is 48.3 Å². The Labute approximate surface area is 257 Å². The number of rotatable bonds is 7. The molecule has 3 heterocycles. The van der Waals surface area contributed by atoms with Gasteiger partial charge in [0.05, 0.1) is 24.7 Å². The van der Waals surface area contributed by atoms with Crippen LogP contribution in [0.15, 0.2) is 42.7 Å². The fraction of sp³-hybridized carbons (Fsp3) is 0.606. The smallest absolute Gasteiger partial charge is 0.243 e. The van der Waals surface area contributed by atoms with Crippen LogP contribution in [-0.2, 0) is 14.4 Å². The number of hydrogen-bond donors (Lipinski definition) is 4. The molecule has 4 N–H and O–H groups in total. The summed E-state index contributed by atoms with van der Waals surface area (Å²) in [7, 11) is 1.67. The van der Waals surface area contributed by atoms with Crippen molar-refractivity contribution in [2.45, 2.75) is 104 Å². The van der Waals surface area contributed by atoms with Crippen molar-refractivity contribution in [1.29, 1.82) is 0 Å². The highest BCUT2D eigenvalue weighted by Crippen LogP contribution is 2.22. The highest BCUT2D eigenvalue weighted by Gasteiger charge is 2.32. The molecular weight excluding hydrogens is 546 g/mol. The fourth-order valence-electron chi connectivity index (χ4n) is 5.03. The number of amides is 3. The van der Waals surface area contributed by atoms with Crippen molar-refractivity contribution in [2.24, 2.45) is 0 Å². The Morgan fingerprint density at radius 2 is 1.77 bits per heavy atom. The summed E-state index contributed by atoms with van der Waals surface area (Å²) in [4.78, 5) is 44.4. The van der Waals surface area contributed by atoms with Crippen molar-refractivity contribution < 1.29 is 24.3 Å². The van der Waals surface area contributed by atoms with E-state index in [4.69, 9.17) is 4.84 Å². The number of para-hydroxylation sites is 1. The molecule has 0 spiro atoms. The summed E-state index contributed by atoms with van der Waals surface area (Å²) < 4.78 is 1.78. The van der Waals surface area contributed by atoms with Gasteiger partial charge in [0, 0.05) is 23.8 Å². The van der Waals surface area contributed by atoms with Gasteiger partial charge in [-0.25, -0.2) is 0 Å². The largest absolute Gasteiger partial charge is 0.417 e. The second kappa shape index (κ2) is 18.9. The van der Waals surface area contributed by atoms with Gasteiger partial charge in [-0.3, -0.25) is 14.4 Å². The van der Waals surface area contributed by atoms with E-state index in [1.807, 2.05) is 29.3 Å². The van der Waals surface area contributed by atoms with Crippen LogP contribution in [0.4, 0.5) is 0 Å². The molecule has 2 unspecified atom stereocenters. The Bertz CT molecular complexity index is 1180. The summed E-state index contributed by atoms with van der Waals surface area (Å²) in [6.07, 6.45) is 9.47. The highest BCUT2D eigenvalue weighted by molar-refractivity contribution is 5.92. The minimum atomic E-state index is -0.684. The number of fused-ring (bicyclic) bond motifs is 2. The Morgan fingerprint density at radius 3 is 2.44 bits per heavy atom. The number of aliphatic hydroxyl groups is 1. The van der Waals surface area contributed by atoms with Crippen molar-refractivity contribution in [3.8, 4) is 0 Å². The van der Waals surface area contributed by atoms with Crippen molar-refractivity contribution in [2.75, 3.05) is 26.7 Å². The number of unbranched alkanes of at least 4 members (excludes halogenated alkanes) is 2. The number of piperidine rings is 1. The van der Waals surface area contributed by atoms with Crippen molar-refractivity contribution in [3.63, 3.8) is 0 Å². The SMILES string of the molecule is C=C1CNC(=O)CNC(=O)[C@H](CCCCC(C)O)NC(=O)C2CCCCN12.CCCC.COn1cc(C)c2ccccc21. The number of aliphatic hydroxyl groups excluding tert-OH is 1. The Balaban J connectivity index is 0.000000329. The molecule has 10 heteroatoms. The van der Waals surface area contributed by atoms with E-state index in [1.54, 1.807) is 18.8 Å². The predicted octanol–water partition coefficient (Wildman–Crippen LogP) is 3.84. The van der Waals surface area contributed by atoms with Crippen LogP contribution in [0.25, 0.3) is 10.9 Å². The minimum Gasteiger partial charge on any atom is -0.417 e. The van der Waals surface area contributed by atoms with Gasteiger partial charge in [0.15, 0.2) is 0 Å². The van der Waals surface area contributed by atoms with Gasteiger partial charge in [0.1, 0.15) is 19.2 Å². The molecule has 0 saturated carbocycles. The topological polar surface area (TPSA) is 125 Å². The average molecular weight is 600 g/mol. The van der Waals surface area contributed by atoms with Gasteiger partial charge >= 0.3 is 0 Å². The zero-order valence-corrected chi connectivity index (χ0v) is 26.8. The van der Waals surface area contributed by atoms with Gasteiger partial charge in [-0.1, -0.05) is 64.3 Å². The molecule has 0 radical (unpaired) electrons. The molecule has 10 nitrogen and oxygen atoms in total. The molecular formula is C33H53N5O5. The van der Waals surface area contributed by atoms with Gasteiger partial charge in [0.25, 0.3) is 0 Å². The van der Waals surface area contributed by atoms with E-state index < -0.39 is 6.04 Å². The molecule has 1 aromatic carbocycles. The molecule has 43 heavy (non-hydrogen) atoms. The van der Waals surface area contributed by atoms with Crippen LogP contribution < -0.4 is 20.8 Å². The second-order valence-electron chi connectivity index (χ2n) is 11.3. The van der Waals surface area contributed by atoms with Gasteiger partial charge in [-0.05, 0) is 57.6 Å². The van der Waals surface area contributed by atoms with Crippen LogP contribution >= 0.6 is 0 Å². The minimum absolute atomic E-state index is 0.129. The first-order valence-corrected chi connectivity index (χ1v) is 15.7. The molecule has 2 saturated heterocycles. The molecule has 2 fully saturated rings. The maximum atomic E-state index is 12.9. The number of carbonyl (C=O) groups excluding carboxylic acids is 3. The monoisotopic (exact) mass is 599 g/mol. The lowest BCUT2D eigenvalue weighted by Gasteiger charge is -2.38. The number of aromatic nitrogens is 1. The molecule has 3 atom stereocenters. The third-order valence-corrected chi connectivity index (χ3v) is 7.70. The summed E-state index contributed by atoms with van der Waals surface area (Å²) in [5, 5.41) is 18.8. The van der Waals surface area contributed by atoms with Crippen LogP contribution in [0.2, 0.25) is 0 Å². The molecule has 0 bridgehead atoms. The van der Waals surface area contributed by atoms with Gasteiger partial charge in [-0.2, -0.15) is 4.73 Å². The Hall–Kier alpha value is -3.53. The molecule has 2 aliphatic rings. The highest BCUT2D eigenvalue weighted by atomic mass is 16.6. The van der Waals surface area contributed by atoms with Crippen molar-refractivity contribution >= 4 is 28.6 Å². The lowest BCUT2D eigenvalue weighted by Crippen LogP contribution is -2.56. The lowest BCUT2D eigenvalue weighted by atomic mass is 9.99. The molecule has 2 aliphatic heterocycles. The van der Waals surface area contributed by atoms with E-state index in [0.29, 0.717) is 31.4 Å². The number of carbonyl (C=O) groups is 3. The van der Waals surface area contributed by atoms with E-state index in [2.05, 4.69) is 49.4 Å². The second-order valence-corrected chi connectivity index (χ2v) is 11.3. The Kier molecular flexibility index (Phi) is 15.7. The van der Waals surface area contributed by atoms with Crippen LogP contribution in [0.5, 0.6) is 0 Å². The fourth-order valence-corrected chi connectivity index (χ4v) is 5.03. The number of aryl methyl sites for hydroxylation is 1. The van der Waals surface area contributed by atoms with Gasteiger partial charge in [-0.15, -0.1) is 0 Å². The number of nitrogens with zero attached hydrogens (tertiary/aromatic N) is 2. The molecule has 3 amide bonds. The first-order chi connectivity index (χ1) is 20.6.